The van der Waals surface area contributed by atoms with Crippen LogP contribution < -0.4 is 5.32 Å². The summed E-state index contributed by atoms with van der Waals surface area (Å²) in [4.78, 5) is 38.1. The summed E-state index contributed by atoms with van der Waals surface area (Å²) in [7, 11) is 0. The number of aromatic nitrogens is 3. The Kier molecular flexibility index (Phi) is 7.37. The van der Waals surface area contributed by atoms with Gasteiger partial charge in [-0.2, -0.15) is 0 Å². The number of β-amino-alcohol motifs (C(OH)–C–C–N with tert-alkyl or cyclic N) is 1. The molecular weight excluding hydrogens is 462 g/mol. The molecule has 1 saturated heterocycles. The molecule has 2 N–H and O–H groups in total. The van der Waals surface area contributed by atoms with Crippen LogP contribution in [0.4, 0.5) is 0 Å². The van der Waals surface area contributed by atoms with Crippen LogP contribution in [-0.2, 0) is 9.59 Å². The molecule has 9 heteroatoms. The van der Waals surface area contributed by atoms with Gasteiger partial charge in [0.05, 0.1) is 40.2 Å². The van der Waals surface area contributed by atoms with Crippen LogP contribution in [0.15, 0.2) is 42.3 Å². The van der Waals surface area contributed by atoms with Gasteiger partial charge in [-0.1, -0.05) is 38.1 Å². The van der Waals surface area contributed by atoms with E-state index in [2.05, 4.69) is 15.3 Å². The predicted molar refractivity (Wildman–Crippen MR) is 136 cm³/mol. The second-order valence-electron chi connectivity index (χ2n) is 9.67. The second kappa shape index (κ2) is 10.3. The number of nitrogens with one attached hydrogen (secondary N) is 1. The first-order valence-electron chi connectivity index (χ1n) is 11.9. The zero-order valence-electron chi connectivity index (χ0n) is 20.8. The molecule has 8 nitrogen and oxygen atoms in total. The molecule has 0 aliphatic carbocycles. The molecule has 2 aromatic heterocycles. The number of benzene rings is 1. The number of hydrogen-bond donors (Lipinski definition) is 2. The van der Waals surface area contributed by atoms with Crippen molar-refractivity contribution in [3.63, 3.8) is 0 Å². The summed E-state index contributed by atoms with van der Waals surface area (Å²) >= 11 is 1.60. The van der Waals surface area contributed by atoms with Gasteiger partial charge in [-0.05, 0) is 37.8 Å². The summed E-state index contributed by atoms with van der Waals surface area (Å²) in [5, 5.41) is 13.4. The smallest absolute Gasteiger partial charge is 0.246 e. The van der Waals surface area contributed by atoms with E-state index in [1.807, 2.05) is 70.6 Å². The SMILES string of the molecule is Cc1cn(C(C(=O)N2C[C@H](O)C[C@H]2C(=O)N[C@@H](C)c2ccc(-c3scnc3C)cc2)C(C)C)cn1. The van der Waals surface area contributed by atoms with Crippen LogP contribution in [0.2, 0.25) is 0 Å². The van der Waals surface area contributed by atoms with Crippen molar-refractivity contribution in [3.05, 3.63) is 59.3 Å². The normalized spacial score (nSPS) is 19.7. The minimum atomic E-state index is -0.732. The van der Waals surface area contributed by atoms with Crippen molar-refractivity contribution >= 4 is 23.2 Å². The van der Waals surface area contributed by atoms with Crippen LogP contribution in [0.5, 0.6) is 0 Å². The fraction of sp³-hybridized carbons (Fsp3) is 0.462. The van der Waals surface area contributed by atoms with E-state index in [0.717, 1.165) is 27.4 Å². The molecule has 35 heavy (non-hydrogen) atoms. The van der Waals surface area contributed by atoms with Gasteiger partial charge in [0, 0.05) is 19.2 Å². The molecular formula is C26H33N5O3S. The van der Waals surface area contributed by atoms with Crippen molar-refractivity contribution in [2.75, 3.05) is 6.54 Å². The summed E-state index contributed by atoms with van der Waals surface area (Å²) in [6, 6.07) is 6.62. The summed E-state index contributed by atoms with van der Waals surface area (Å²) in [6.45, 7) is 9.88. The van der Waals surface area contributed by atoms with Gasteiger partial charge < -0.3 is 19.9 Å². The van der Waals surface area contributed by atoms with Crippen LogP contribution in [0.1, 0.15) is 56.2 Å². The van der Waals surface area contributed by atoms with Gasteiger partial charge in [0.25, 0.3) is 0 Å². The molecule has 1 aliphatic heterocycles. The topological polar surface area (TPSA) is 100 Å². The monoisotopic (exact) mass is 495 g/mol. The lowest BCUT2D eigenvalue weighted by Gasteiger charge is -2.31. The Balaban J connectivity index is 1.47. The number of thiazole rings is 1. The number of likely N-dealkylation sites (tertiary alicyclic amines) is 1. The molecule has 0 saturated carbocycles. The number of carbonyl (C=O) groups excluding carboxylic acids is 2. The number of aliphatic hydroxyl groups excluding tert-OH is 1. The summed E-state index contributed by atoms with van der Waals surface area (Å²) in [6.07, 6.45) is 2.98. The molecule has 1 aromatic carbocycles. The van der Waals surface area contributed by atoms with Crippen molar-refractivity contribution in [1.82, 2.24) is 24.8 Å². The quantitative estimate of drug-likeness (QED) is 0.521. The van der Waals surface area contributed by atoms with Crippen molar-refractivity contribution in [3.8, 4) is 10.4 Å². The van der Waals surface area contributed by atoms with E-state index in [1.54, 1.807) is 22.2 Å². The van der Waals surface area contributed by atoms with Gasteiger partial charge in [0.2, 0.25) is 11.8 Å². The van der Waals surface area contributed by atoms with Gasteiger partial charge in [-0.3, -0.25) is 9.59 Å². The Morgan fingerprint density at radius 1 is 1.14 bits per heavy atom. The number of imidazole rings is 1. The van der Waals surface area contributed by atoms with Crippen LogP contribution in [0.3, 0.4) is 0 Å². The maximum Gasteiger partial charge on any atom is 0.246 e. The zero-order valence-corrected chi connectivity index (χ0v) is 21.6. The number of nitrogens with zero attached hydrogens (tertiary/aromatic N) is 4. The third kappa shape index (κ3) is 5.31. The second-order valence-corrected chi connectivity index (χ2v) is 10.5. The summed E-state index contributed by atoms with van der Waals surface area (Å²) in [5.74, 6) is -0.433. The number of rotatable bonds is 7. The molecule has 3 aromatic rings. The van der Waals surface area contributed by atoms with Crippen molar-refractivity contribution in [1.29, 1.82) is 0 Å². The van der Waals surface area contributed by atoms with Crippen LogP contribution in [0.25, 0.3) is 10.4 Å². The van der Waals surface area contributed by atoms with E-state index in [1.165, 1.54) is 4.90 Å². The Labute approximate surface area is 210 Å². The number of aliphatic hydroxyl groups is 1. The van der Waals surface area contributed by atoms with E-state index in [4.69, 9.17) is 0 Å². The maximum absolute atomic E-state index is 13.6. The average molecular weight is 496 g/mol. The fourth-order valence-corrected chi connectivity index (χ4v) is 5.53. The van der Waals surface area contributed by atoms with Crippen LogP contribution >= 0.6 is 11.3 Å². The van der Waals surface area contributed by atoms with Crippen molar-refractivity contribution in [2.45, 2.75) is 65.3 Å². The molecule has 2 amide bonds. The summed E-state index contributed by atoms with van der Waals surface area (Å²) in [5.41, 5.74) is 5.72. The minimum absolute atomic E-state index is 0.00262. The highest BCUT2D eigenvalue weighted by Crippen LogP contribution is 2.29. The lowest BCUT2D eigenvalue weighted by atomic mass is 10.0. The molecule has 4 atom stereocenters. The Morgan fingerprint density at radius 3 is 2.43 bits per heavy atom. The van der Waals surface area contributed by atoms with E-state index < -0.39 is 18.2 Å². The Morgan fingerprint density at radius 2 is 1.86 bits per heavy atom. The predicted octanol–water partition coefficient (Wildman–Crippen LogP) is 3.66. The fourth-order valence-electron chi connectivity index (χ4n) is 4.72. The Bertz CT molecular complexity index is 1190. The molecule has 4 rings (SSSR count). The van der Waals surface area contributed by atoms with E-state index >= 15 is 0 Å². The van der Waals surface area contributed by atoms with E-state index in [-0.39, 0.29) is 36.7 Å². The highest BCUT2D eigenvalue weighted by Gasteiger charge is 2.42. The van der Waals surface area contributed by atoms with Gasteiger partial charge >= 0.3 is 0 Å². The molecule has 1 aliphatic rings. The first kappa shape index (κ1) is 25.1. The zero-order chi connectivity index (χ0) is 25.3. The lowest BCUT2D eigenvalue weighted by Crippen LogP contribution is -2.49. The first-order chi connectivity index (χ1) is 16.7. The molecule has 3 heterocycles. The Hall–Kier alpha value is -3.04. The van der Waals surface area contributed by atoms with Gasteiger partial charge in [-0.15, -0.1) is 11.3 Å². The average Bonchev–Trinajstić information content (AvgIpc) is 3.53. The highest BCUT2D eigenvalue weighted by molar-refractivity contribution is 7.13. The molecule has 1 fully saturated rings. The first-order valence-corrected chi connectivity index (χ1v) is 12.8. The van der Waals surface area contributed by atoms with Gasteiger partial charge in [0.1, 0.15) is 12.1 Å². The lowest BCUT2D eigenvalue weighted by molar-refractivity contribution is -0.142. The summed E-state index contributed by atoms with van der Waals surface area (Å²) < 4.78 is 1.80. The third-order valence-corrected chi connectivity index (χ3v) is 7.56. The minimum Gasteiger partial charge on any atom is -0.391 e. The van der Waals surface area contributed by atoms with Crippen molar-refractivity contribution < 1.29 is 14.7 Å². The van der Waals surface area contributed by atoms with Crippen LogP contribution in [0, 0.1) is 19.8 Å². The van der Waals surface area contributed by atoms with E-state index in [9.17, 15) is 14.7 Å². The van der Waals surface area contributed by atoms with E-state index in [0.29, 0.717) is 0 Å². The third-order valence-electron chi connectivity index (χ3n) is 6.58. The number of amides is 2. The number of hydrogen-bond acceptors (Lipinski definition) is 6. The molecule has 0 radical (unpaired) electrons. The standard InChI is InChI=1S/C26H33N5O3S/c1-15(2)23(30-11-16(3)27-13-30)26(34)31-12-21(32)10-22(31)25(33)29-17(4)19-6-8-20(9-7-19)24-18(5)28-14-35-24/h6-9,11,13-15,17,21-23,32H,10,12H2,1-5H3,(H,29,33)/t17-,21+,22-,23?/m0/s1. The number of aryl methyl sites for hydroxylation is 2. The van der Waals surface area contributed by atoms with Crippen molar-refractivity contribution in [2.24, 2.45) is 5.92 Å². The highest BCUT2D eigenvalue weighted by atomic mass is 32.1. The molecule has 1 unspecified atom stereocenters. The largest absolute Gasteiger partial charge is 0.391 e. The van der Waals surface area contributed by atoms with Gasteiger partial charge in [-0.25, -0.2) is 9.97 Å². The number of carbonyl (C=O) groups is 2. The van der Waals surface area contributed by atoms with Gasteiger partial charge in [0.15, 0.2) is 0 Å². The van der Waals surface area contributed by atoms with Crippen LogP contribution in [-0.4, -0.2) is 55.0 Å². The molecule has 0 spiro atoms. The maximum atomic E-state index is 13.6. The molecule has 0 bridgehead atoms. The molecule has 186 valence electrons.